The average Bonchev–Trinajstić information content (AvgIpc) is 2.48. The molecule has 0 radical (unpaired) electrons. The van der Waals surface area contributed by atoms with Crippen molar-refractivity contribution in [2.75, 3.05) is 0 Å². The number of hydrogen-bond donors (Lipinski definition) is 0. The van der Waals surface area contributed by atoms with Gasteiger partial charge in [-0.15, -0.1) is 0 Å². The number of hydrogen-bond acceptors (Lipinski definition) is 1. The topological polar surface area (TPSA) is 17.8 Å². The van der Waals surface area contributed by atoms with Gasteiger partial charge in [-0.3, -0.25) is 4.68 Å². The molecule has 0 amide bonds. The summed E-state index contributed by atoms with van der Waals surface area (Å²) in [5.74, 6) is -0.221. The van der Waals surface area contributed by atoms with E-state index in [0.29, 0.717) is 0 Å². The lowest BCUT2D eigenvalue weighted by Gasteiger charge is -1.95. The highest BCUT2D eigenvalue weighted by atomic mass is 19.1. The molecule has 0 unspecified atom stereocenters. The summed E-state index contributed by atoms with van der Waals surface area (Å²) in [6.45, 7) is 1.99. The molecular weight excluding hydrogens is 179 g/mol. The molecule has 0 aliphatic rings. The predicted octanol–water partition coefficient (Wildman–Crippen LogP) is 2.53. The van der Waals surface area contributed by atoms with Gasteiger partial charge in [0.25, 0.3) is 0 Å². The summed E-state index contributed by atoms with van der Waals surface area (Å²) in [5, 5.41) is 4.30. The SMILES string of the molecule is Cc1cc(-c2ccc(F)cc2)nn1C. The largest absolute Gasteiger partial charge is 0.272 e. The van der Waals surface area contributed by atoms with Crippen LogP contribution in [0.2, 0.25) is 0 Å². The molecule has 0 atom stereocenters. The number of halogens is 1. The van der Waals surface area contributed by atoms with E-state index in [1.165, 1.54) is 12.1 Å². The summed E-state index contributed by atoms with van der Waals surface area (Å²) >= 11 is 0. The van der Waals surface area contributed by atoms with Gasteiger partial charge in [0, 0.05) is 18.3 Å². The van der Waals surface area contributed by atoms with Gasteiger partial charge in [-0.1, -0.05) is 0 Å². The van der Waals surface area contributed by atoms with E-state index in [9.17, 15) is 4.39 Å². The van der Waals surface area contributed by atoms with Crippen LogP contribution in [0.3, 0.4) is 0 Å². The first-order valence-corrected chi connectivity index (χ1v) is 4.43. The summed E-state index contributed by atoms with van der Waals surface area (Å²) in [4.78, 5) is 0. The minimum Gasteiger partial charge on any atom is -0.272 e. The van der Waals surface area contributed by atoms with Crippen LogP contribution in [0.25, 0.3) is 11.3 Å². The van der Waals surface area contributed by atoms with Crippen LogP contribution in [0.5, 0.6) is 0 Å². The Morgan fingerprint density at radius 1 is 1.21 bits per heavy atom. The molecule has 0 aliphatic heterocycles. The first kappa shape index (κ1) is 8.94. The molecule has 0 aliphatic carbocycles. The average molecular weight is 190 g/mol. The molecule has 0 fully saturated rings. The Bertz CT molecular complexity index is 423. The van der Waals surface area contributed by atoms with E-state index < -0.39 is 0 Å². The van der Waals surface area contributed by atoms with Crippen LogP contribution in [0.4, 0.5) is 4.39 Å². The Balaban J connectivity index is 2.44. The molecule has 0 N–H and O–H groups in total. The van der Waals surface area contributed by atoms with Crippen LogP contribution >= 0.6 is 0 Å². The number of rotatable bonds is 1. The predicted molar refractivity (Wildman–Crippen MR) is 53.3 cm³/mol. The van der Waals surface area contributed by atoms with Gasteiger partial charge in [0.2, 0.25) is 0 Å². The lowest BCUT2D eigenvalue weighted by molar-refractivity contribution is 0.628. The van der Waals surface area contributed by atoms with Crippen molar-refractivity contribution >= 4 is 0 Å². The van der Waals surface area contributed by atoms with Crippen molar-refractivity contribution in [3.05, 3.63) is 41.8 Å². The van der Waals surface area contributed by atoms with Gasteiger partial charge in [-0.05, 0) is 37.3 Å². The molecule has 1 aromatic heterocycles. The van der Waals surface area contributed by atoms with Crippen LogP contribution < -0.4 is 0 Å². The Morgan fingerprint density at radius 3 is 2.36 bits per heavy atom. The van der Waals surface area contributed by atoms with Crippen molar-refractivity contribution in [2.45, 2.75) is 6.92 Å². The van der Waals surface area contributed by atoms with Crippen LogP contribution in [-0.4, -0.2) is 9.78 Å². The maximum atomic E-state index is 12.7. The van der Waals surface area contributed by atoms with E-state index in [0.717, 1.165) is 17.0 Å². The van der Waals surface area contributed by atoms with Gasteiger partial charge in [0.15, 0.2) is 0 Å². The molecule has 14 heavy (non-hydrogen) atoms. The Hall–Kier alpha value is -1.64. The quantitative estimate of drug-likeness (QED) is 0.675. The summed E-state index contributed by atoms with van der Waals surface area (Å²) in [6, 6.07) is 8.33. The molecule has 2 aromatic rings. The van der Waals surface area contributed by atoms with E-state index in [2.05, 4.69) is 5.10 Å². The molecule has 0 saturated heterocycles. The van der Waals surface area contributed by atoms with Gasteiger partial charge >= 0.3 is 0 Å². The van der Waals surface area contributed by atoms with Crippen molar-refractivity contribution < 1.29 is 4.39 Å². The third kappa shape index (κ3) is 1.53. The summed E-state index contributed by atoms with van der Waals surface area (Å²) in [7, 11) is 1.89. The van der Waals surface area contributed by atoms with Gasteiger partial charge < -0.3 is 0 Å². The standard InChI is InChI=1S/C11H11FN2/c1-8-7-11(13-14(8)2)9-3-5-10(12)6-4-9/h3-7H,1-2H3. The highest BCUT2D eigenvalue weighted by molar-refractivity contribution is 5.59. The smallest absolute Gasteiger partial charge is 0.123 e. The van der Waals surface area contributed by atoms with Crippen molar-refractivity contribution in [1.29, 1.82) is 0 Å². The van der Waals surface area contributed by atoms with Gasteiger partial charge in [0.1, 0.15) is 5.82 Å². The second-order valence-corrected chi connectivity index (χ2v) is 3.30. The Kier molecular flexibility index (Phi) is 2.08. The van der Waals surface area contributed by atoms with Crippen molar-refractivity contribution in [2.24, 2.45) is 7.05 Å². The third-order valence-electron chi connectivity index (χ3n) is 2.25. The minimum absolute atomic E-state index is 0.221. The summed E-state index contributed by atoms with van der Waals surface area (Å²) in [5.41, 5.74) is 2.91. The maximum Gasteiger partial charge on any atom is 0.123 e. The molecule has 0 bridgehead atoms. The third-order valence-corrected chi connectivity index (χ3v) is 2.25. The van der Waals surface area contributed by atoms with E-state index >= 15 is 0 Å². The van der Waals surface area contributed by atoms with Crippen LogP contribution in [-0.2, 0) is 7.05 Å². The lowest BCUT2D eigenvalue weighted by Crippen LogP contribution is -1.92. The fourth-order valence-corrected chi connectivity index (χ4v) is 1.32. The number of aryl methyl sites for hydroxylation is 2. The second kappa shape index (κ2) is 3.25. The van der Waals surface area contributed by atoms with Gasteiger partial charge in [-0.2, -0.15) is 5.10 Å². The normalized spacial score (nSPS) is 10.5. The van der Waals surface area contributed by atoms with E-state index in [-0.39, 0.29) is 5.82 Å². The zero-order valence-corrected chi connectivity index (χ0v) is 8.16. The van der Waals surface area contributed by atoms with E-state index in [1.807, 2.05) is 20.0 Å². The molecule has 3 heteroatoms. The minimum atomic E-state index is -0.221. The zero-order valence-electron chi connectivity index (χ0n) is 8.16. The second-order valence-electron chi connectivity index (χ2n) is 3.30. The van der Waals surface area contributed by atoms with Crippen LogP contribution in [0, 0.1) is 12.7 Å². The number of nitrogens with zero attached hydrogens (tertiary/aromatic N) is 2. The number of benzene rings is 1. The zero-order chi connectivity index (χ0) is 10.1. The summed E-state index contributed by atoms with van der Waals surface area (Å²) < 4.78 is 14.5. The van der Waals surface area contributed by atoms with Gasteiger partial charge in [-0.25, -0.2) is 4.39 Å². The highest BCUT2D eigenvalue weighted by Gasteiger charge is 2.03. The Morgan fingerprint density at radius 2 is 1.86 bits per heavy atom. The first-order valence-electron chi connectivity index (χ1n) is 4.43. The van der Waals surface area contributed by atoms with Crippen molar-refractivity contribution in [3.8, 4) is 11.3 Å². The monoisotopic (exact) mass is 190 g/mol. The van der Waals surface area contributed by atoms with Crippen molar-refractivity contribution in [3.63, 3.8) is 0 Å². The summed E-state index contributed by atoms with van der Waals surface area (Å²) in [6.07, 6.45) is 0. The molecule has 1 heterocycles. The maximum absolute atomic E-state index is 12.7. The van der Waals surface area contributed by atoms with E-state index in [4.69, 9.17) is 0 Å². The van der Waals surface area contributed by atoms with E-state index in [1.54, 1.807) is 16.8 Å². The van der Waals surface area contributed by atoms with Crippen LogP contribution in [0.15, 0.2) is 30.3 Å². The van der Waals surface area contributed by atoms with Crippen molar-refractivity contribution in [1.82, 2.24) is 9.78 Å². The fourth-order valence-electron chi connectivity index (χ4n) is 1.32. The molecule has 0 saturated carbocycles. The molecule has 2 nitrogen and oxygen atoms in total. The van der Waals surface area contributed by atoms with Gasteiger partial charge in [0.05, 0.1) is 5.69 Å². The molecular formula is C11H11FN2. The fraction of sp³-hybridized carbons (Fsp3) is 0.182. The number of aromatic nitrogens is 2. The molecule has 72 valence electrons. The molecule has 1 aromatic carbocycles. The van der Waals surface area contributed by atoms with Crippen LogP contribution in [0.1, 0.15) is 5.69 Å². The highest BCUT2D eigenvalue weighted by Crippen LogP contribution is 2.18. The molecule has 0 spiro atoms. The lowest BCUT2D eigenvalue weighted by atomic mass is 10.1. The molecule has 2 rings (SSSR count). The Labute approximate surface area is 82.0 Å². The first-order chi connectivity index (χ1) is 6.66.